The molecule has 4 rings (SSSR count). The molecule has 1 amide bonds. The van der Waals surface area contributed by atoms with Crippen molar-refractivity contribution in [2.45, 2.75) is 13.3 Å². The monoisotopic (exact) mass is 457 g/mol. The molecule has 0 radical (unpaired) electrons. The Bertz CT molecular complexity index is 1300. The second-order valence-electron chi connectivity index (χ2n) is 7.00. The Morgan fingerprint density at radius 1 is 1.00 bits per heavy atom. The first-order valence-electron chi connectivity index (χ1n) is 9.67. The molecule has 2 aromatic carbocycles. The maximum Gasteiger partial charge on any atom is 0.573 e. The number of aromatic nitrogens is 3. The van der Waals surface area contributed by atoms with Gasteiger partial charge in [-0.3, -0.25) is 4.79 Å². The van der Waals surface area contributed by atoms with Crippen LogP contribution in [0.1, 0.15) is 6.92 Å². The Morgan fingerprint density at radius 3 is 2.39 bits per heavy atom. The van der Waals surface area contributed by atoms with E-state index in [2.05, 4.69) is 25.3 Å². The van der Waals surface area contributed by atoms with Gasteiger partial charge in [-0.15, -0.1) is 13.2 Å². The minimum absolute atomic E-state index is 0.239. The first-order valence-corrected chi connectivity index (χ1v) is 9.67. The fourth-order valence-electron chi connectivity index (χ4n) is 3.08. The van der Waals surface area contributed by atoms with Crippen LogP contribution in [0.25, 0.3) is 11.0 Å². The van der Waals surface area contributed by atoms with E-state index >= 15 is 0 Å². The standard InChI is InChI=1S/C22H18F3N5O3/c1-13(31)27-20-12-17(9-10-26-20)32-16-7-8-19-18(11-16)29-21(30(19)2)28-14-3-5-15(6-4-14)33-22(23,24)25/h3-12H,1-2H3,(H,28,29)(H,26,27,31). The number of rotatable bonds is 6. The normalized spacial score (nSPS) is 11.3. The van der Waals surface area contributed by atoms with Crippen LogP contribution in [0.4, 0.5) is 30.6 Å². The molecule has 33 heavy (non-hydrogen) atoms. The van der Waals surface area contributed by atoms with Crippen LogP contribution in [0.15, 0.2) is 60.8 Å². The highest BCUT2D eigenvalue weighted by atomic mass is 19.4. The summed E-state index contributed by atoms with van der Waals surface area (Å²) in [6.45, 7) is 1.39. The van der Waals surface area contributed by atoms with E-state index in [1.165, 1.54) is 37.4 Å². The van der Waals surface area contributed by atoms with Crippen LogP contribution in [-0.2, 0) is 11.8 Å². The summed E-state index contributed by atoms with van der Waals surface area (Å²) >= 11 is 0. The van der Waals surface area contributed by atoms with E-state index in [9.17, 15) is 18.0 Å². The van der Waals surface area contributed by atoms with Gasteiger partial charge in [-0.2, -0.15) is 0 Å². The van der Waals surface area contributed by atoms with E-state index in [-0.39, 0.29) is 11.7 Å². The average Bonchev–Trinajstić information content (AvgIpc) is 3.03. The summed E-state index contributed by atoms with van der Waals surface area (Å²) in [4.78, 5) is 19.8. The van der Waals surface area contributed by atoms with Crippen molar-refractivity contribution in [1.29, 1.82) is 0 Å². The third-order valence-corrected chi connectivity index (χ3v) is 4.47. The number of nitrogens with one attached hydrogen (secondary N) is 2. The summed E-state index contributed by atoms with van der Waals surface area (Å²) in [6, 6.07) is 14.0. The third kappa shape index (κ3) is 5.50. The van der Waals surface area contributed by atoms with Crippen LogP contribution >= 0.6 is 0 Å². The van der Waals surface area contributed by atoms with Crippen molar-refractivity contribution < 1.29 is 27.4 Å². The van der Waals surface area contributed by atoms with Gasteiger partial charge in [0, 0.05) is 38.0 Å². The van der Waals surface area contributed by atoms with Crippen LogP contribution in [0.5, 0.6) is 17.2 Å². The number of benzene rings is 2. The van der Waals surface area contributed by atoms with Crippen molar-refractivity contribution in [2.75, 3.05) is 10.6 Å². The summed E-state index contributed by atoms with van der Waals surface area (Å²) in [5.74, 6) is 1.33. The Labute approximate surface area is 186 Å². The number of alkyl halides is 3. The highest BCUT2D eigenvalue weighted by Crippen LogP contribution is 2.29. The van der Waals surface area contributed by atoms with Crippen molar-refractivity contribution in [1.82, 2.24) is 14.5 Å². The number of imidazole rings is 1. The van der Waals surface area contributed by atoms with E-state index in [1.54, 1.807) is 28.8 Å². The number of amides is 1. The number of pyridine rings is 1. The lowest BCUT2D eigenvalue weighted by Gasteiger charge is -2.10. The van der Waals surface area contributed by atoms with E-state index in [0.717, 1.165) is 5.52 Å². The molecular weight excluding hydrogens is 439 g/mol. The number of aryl methyl sites for hydroxylation is 1. The zero-order valence-corrected chi connectivity index (χ0v) is 17.5. The number of halogens is 3. The Hall–Kier alpha value is -4.28. The van der Waals surface area contributed by atoms with Gasteiger partial charge in [0.05, 0.1) is 11.0 Å². The average molecular weight is 457 g/mol. The third-order valence-electron chi connectivity index (χ3n) is 4.47. The molecule has 0 spiro atoms. The second kappa shape index (κ2) is 8.69. The van der Waals surface area contributed by atoms with Gasteiger partial charge in [-0.1, -0.05) is 0 Å². The fourth-order valence-corrected chi connectivity index (χ4v) is 3.08. The van der Waals surface area contributed by atoms with Gasteiger partial charge in [0.2, 0.25) is 11.9 Å². The minimum Gasteiger partial charge on any atom is -0.457 e. The Balaban J connectivity index is 1.52. The predicted molar refractivity (Wildman–Crippen MR) is 116 cm³/mol. The van der Waals surface area contributed by atoms with Crippen LogP contribution in [0, 0.1) is 0 Å². The van der Waals surface area contributed by atoms with Crippen LogP contribution in [0.3, 0.4) is 0 Å². The topological polar surface area (TPSA) is 90.3 Å². The van der Waals surface area contributed by atoms with Crippen molar-refractivity contribution in [2.24, 2.45) is 7.05 Å². The predicted octanol–water partition coefficient (Wildman–Crippen LogP) is 5.36. The smallest absolute Gasteiger partial charge is 0.457 e. The van der Waals surface area contributed by atoms with E-state index < -0.39 is 6.36 Å². The molecule has 2 aromatic heterocycles. The first kappa shape index (κ1) is 21.9. The molecule has 2 heterocycles. The molecule has 0 aliphatic heterocycles. The van der Waals surface area contributed by atoms with Crippen LogP contribution < -0.4 is 20.1 Å². The summed E-state index contributed by atoms with van der Waals surface area (Å²) < 4.78 is 48.5. The van der Waals surface area contributed by atoms with Gasteiger partial charge in [0.25, 0.3) is 0 Å². The number of ether oxygens (including phenoxy) is 2. The molecule has 170 valence electrons. The van der Waals surface area contributed by atoms with E-state index in [0.29, 0.717) is 34.5 Å². The van der Waals surface area contributed by atoms with Crippen molar-refractivity contribution in [3.8, 4) is 17.2 Å². The highest BCUT2D eigenvalue weighted by molar-refractivity contribution is 5.87. The fraction of sp³-hybridized carbons (Fsp3) is 0.136. The molecule has 0 atom stereocenters. The molecule has 4 aromatic rings. The molecule has 8 nitrogen and oxygen atoms in total. The lowest BCUT2D eigenvalue weighted by molar-refractivity contribution is -0.274. The zero-order chi connectivity index (χ0) is 23.6. The van der Waals surface area contributed by atoms with Gasteiger partial charge >= 0.3 is 6.36 Å². The van der Waals surface area contributed by atoms with Gasteiger partial charge < -0.3 is 24.7 Å². The van der Waals surface area contributed by atoms with E-state index in [4.69, 9.17) is 4.74 Å². The molecule has 0 aliphatic rings. The first-order chi connectivity index (χ1) is 15.7. The Kier molecular flexibility index (Phi) is 5.78. The number of carbonyl (C=O) groups is 1. The molecule has 0 unspecified atom stereocenters. The van der Waals surface area contributed by atoms with Gasteiger partial charge in [0.15, 0.2) is 0 Å². The summed E-state index contributed by atoms with van der Waals surface area (Å²) in [5.41, 5.74) is 2.00. The maximum atomic E-state index is 12.3. The van der Waals surface area contributed by atoms with Gasteiger partial charge in [-0.05, 0) is 42.5 Å². The lowest BCUT2D eigenvalue weighted by Crippen LogP contribution is -2.17. The number of nitrogens with zero attached hydrogens (tertiary/aromatic N) is 3. The molecule has 0 saturated heterocycles. The van der Waals surface area contributed by atoms with Crippen molar-refractivity contribution in [3.05, 3.63) is 60.8 Å². The molecular formula is C22H18F3N5O3. The lowest BCUT2D eigenvalue weighted by atomic mass is 10.3. The molecule has 2 N–H and O–H groups in total. The second-order valence-corrected chi connectivity index (χ2v) is 7.00. The SMILES string of the molecule is CC(=O)Nc1cc(Oc2ccc3c(c2)nc(Nc2ccc(OC(F)(F)F)cc2)n3C)ccn1. The van der Waals surface area contributed by atoms with Crippen molar-refractivity contribution >= 4 is 34.4 Å². The quantitative estimate of drug-likeness (QED) is 0.405. The van der Waals surface area contributed by atoms with Crippen LogP contribution in [-0.4, -0.2) is 26.8 Å². The number of anilines is 3. The number of fused-ring (bicyclic) bond motifs is 1. The van der Waals surface area contributed by atoms with Crippen LogP contribution in [0.2, 0.25) is 0 Å². The molecule has 11 heteroatoms. The van der Waals surface area contributed by atoms with E-state index in [1.807, 2.05) is 13.1 Å². The summed E-state index contributed by atoms with van der Waals surface area (Å²) in [6.07, 6.45) is -3.22. The maximum absolute atomic E-state index is 12.3. The molecule has 0 fully saturated rings. The van der Waals surface area contributed by atoms with Gasteiger partial charge in [0.1, 0.15) is 23.1 Å². The highest BCUT2D eigenvalue weighted by Gasteiger charge is 2.30. The Morgan fingerprint density at radius 2 is 1.70 bits per heavy atom. The molecule has 0 aliphatic carbocycles. The zero-order valence-electron chi connectivity index (χ0n) is 17.5. The summed E-state index contributed by atoms with van der Waals surface area (Å²) in [5, 5.41) is 5.66. The number of hydrogen-bond acceptors (Lipinski definition) is 6. The largest absolute Gasteiger partial charge is 0.573 e. The molecule has 0 saturated carbocycles. The van der Waals surface area contributed by atoms with Crippen molar-refractivity contribution in [3.63, 3.8) is 0 Å². The number of carbonyl (C=O) groups excluding carboxylic acids is 1. The summed E-state index contributed by atoms with van der Waals surface area (Å²) in [7, 11) is 1.81. The molecule has 0 bridgehead atoms. The number of hydrogen-bond donors (Lipinski definition) is 2. The minimum atomic E-state index is -4.74. The van der Waals surface area contributed by atoms with Gasteiger partial charge in [-0.25, -0.2) is 9.97 Å².